The minimum absolute atomic E-state index is 0.173. The summed E-state index contributed by atoms with van der Waals surface area (Å²) >= 11 is 1.62. The van der Waals surface area contributed by atoms with Gasteiger partial charge in [-0.3, -0.25) is 4.79 Å². The molecule has 4 nitrogen and oxygen atoms in total. The highest BCUT2D eigenvalue weighted by molar-refractivity contribution is 7.99. The Morgan fingerprint density at radius 3 is 2.70 bits per heavy atom. The van der Waals surface area contributed by atoms with Crippen LogP contribution in [0.2, 0.25) is 0 Å². The SMILES string of the molecule is CCn1ccc(=O)nc1SCCN(C)c1ccccc1. The topological polar surface area (TPSA) is 38.1 Å². The van der Waals surface area contributed by atoms with E-state index in [0.29, 0.717) is 0 Å². The van der Waals surface area contributed by atoms with Gasteiger partial charge in [-0.15, -0.1) is 0 Å². The third-order valence-electron chi connectivity index (χ3n) is 3.04. The zero-order chi connectivity index (χ0) is 14.4. The van der Waals surface area contributed by atoms with Crippen molar-refractivity contribution in [3.8, 4) is 0 Å². The molecular weight excluding hydrogens is 270 g/mol. The number of aryl methyl sites for hydroxylation is 1. The summed E-state index contributed by atoms with van der Waals surface area (Å²) in [5, 5.41) is 0.793. The highest BCUT2D eigenvalue weighted by atomic mass is 32.2. The summed E-state index contributed by atoms with van der Waals surface area (Å²) in [4.78, 5) is 17.6. The van der Waals surface area contributed by atoms with Crippen molar-refractivity contribution in [3.05, 3.63) is 52.9 Å². The zero-order valence-corrected chi connectivity index (χ0v) is 12.6. The molecule has 2 aromatic rings. The van der Waals surface area contributed by atoms with Crippen molar-refractivity contribution in [1.82, 2.24) is 9.55 Å². The van der Waals surface area contributed by atoms with E-state index in [2.05, 4.69) is 29.1 Å². The van der Waals surface area contributed by atoms with E-state index >= 15 is 0 Å². The molecule has 0 saturated heterocycles. The van der Waals surface area contributed by atoms with Crippen molar-refractivity contribution in [2.24, 2.45) is 0 Å². The molecule has 0 aliphatic heterocycles. The number of rotatable bonds is 6. The van der Waals surface area contributed by atoms with Gasteiger partial charge in [-0.25, -0.2) is 0 Å². The van der Waals surface area contributed by atoms with Crippen molar-refractivity contribution in [3.63, 3.8) is 0 Å². The van der Waals surface area contributed by atoms with Gasteiger partial charge < -0.3 is 9.47 Å². The van der Waals surface area contributed by atoms with Crippen LogP contribution in [0.15, 0.2) is 52.5 Å². The first-order valence-electron chi connectivity index (χ1n) is 6.67. The van der Waals surface area contributed by atoms with E-state index in [1.807, 2.05) is 29.7 Å². The van der Waals surface area contributed by atoms with Crippen LogP contribution in [0, 0.1) is 0 Å². The molecule has 1 heterocycles. The average molecular weight is 289 g/mol. The summed E-state index contributed by atoms with van der Waals surface area (Å²) < 4.78 is 1.99. The Kier molecular flexibility index (Phi) is 5.24. The van der Waals surface area contributed by atoms with Crippen LogP contribution in [-0.2, 0) is 6.54 Å². The summed E-state index contributed by atoms with van der Waals surface area (Å²) in [6.07, 6.45) is 1.80. The van der Waals surface area contributed by atoms with Crippen LogP contribution >= 0.6 is 11.8 Å². The van der Waals surface area contributed by atoms with Gasteiger partial charge in [0.15, 0.2) is 5.16 Å². The maximum Gasteiger partial charge on any atom is 0.273 e. The molecule has 2 rings (SSSR count). The average Bonchev–Trinajstić information content (AvgIpc) is 2.48. The Morgan fingerprint density at radius 2 is 2.00 bits per heavy atom. The van der Waals surface area contributed by atoms with Crippen LogP contribution in [0.3, 0.4) is 0 Å². The van der Waals surface area contributed by atoms with Crippen LogP contribution in [0.4, 0.5) is 5.69 Å². The molecule has 0 aliphatic rings. The monoisotopic (exact) mass is 289 g/mol. The third-order valence-corrected chi connectivity index (χ3v) is 4.01. The van der Waals surface area contributed by atoms with E-state index in [4.69, 9.17) is 0 Å². The van der Waals surface area contributed by atoms with E-state index in [9.17, 15) is 4.79 Å². The molecule has 5 heteroatoms. The predicted octanol–water partition coefficient (Wildman–Crippen LogP) is 2.49. The van der Waals surface area contributed by atoms with E-state index in [1.165, 1.54) is 11.8 Å². The summed E-state index contributed by atoms with van der Waals surface area (Å²) in [6.45, 7) is 3.78. The van der Waals surface area contributed by atoms with Gasteiger partial charge in [0.2, 0.25) is 0 Å². The van der Waals surface area contributed by atoms with Crippen molar-refractivity contribution in [2.75, 3.05) is 24.2 Å². The number of thioether (sulfide) groups is 1. The highest BCUT2D eigenvalue weighted by Crippen LogP contribution is 2.16. The number of anilines is 1. The van der Waals surface area contributed by atoms with Gasteiger partial charge in [0.25, 0.3) is 5.56 Å². The number of para-hydroxylation sites is 1. The van der Waals surface area contributed by atoms with Crippen LogP contribution in [-0.4, -0.2) is 28.9 Å². The van der Waals surface area contributed by atoms with E-state index in [0.717, 1.165) is 24.0 Å². The molecule has 0 unspecified atom stereocenters. The summed E-state index contributed by atoms with van der Waals surface area (Å²) in [5.41, 5.74) is 1.02. The number of aromatic nitrogens is 2. The molecule has 0 N–H and O–H groups in total. The lowest BCUT2D eigenvalue weighted by Gasteiger charge is -2.19. The summed E-state index contributed by atoms with van der Waals surface area (Å²) in [7, 11) is 2.07. The fourth-order valence-electron chi connectivity index (χ4n) is 1.85. The Balaban J connectivity index is 1.93. The third kappa shape index (κ3) is 3.87. The van der Waals surface area contributed by atoms with Gasteiger partial charge in [0.1, 0.15) is 0 Å². The van der Waals surface area contributed by atoms with Gasteiger partial charge in [-0.2, -0.15) is 4.98 Å². The molecule has 0 bridgehead atoms. The first kappa shape index (κ1) is 14.7. The first-order valence-corrected chi connectivity index (χ1v) is 7.65. The van der Waals surface area contributed by atoms with Gasteiger partial charge in [0, 0.05) is 43.8 Å². The van der Waals surface area contributed by atoms with Crippen molar-refractivity contribution in [2.45, 2.75) is 18.6 Å². The van der Waals surface area contributed by atoms with Crippen LogP contribution < -0.4 is 10.5 Å². The molecule has 106 valence electrons. The predicted molar refractivity (Wildman–Crippen MR) is 84.6 cm³/mol. The molecular formula is C15H19N3OS. The summed E-state index contributed by atoms with van der Waals surface area (Å²) in [6, 6.07) is 11.8. The van der Waals surface area contributed by atoms with Crippen molar-refractivity contribution < 1.29 is 0 Å². The van der Waals surface area contributed by atoms with E-state index < -0.39 is 0 Å². The van der Waals surface area contributed by atoms with Gasteiger partial charge in [-0.1, -0.05) is 30.0 Å². The molecule has 0 saturated carbocycles. The Hall–Kier alpha value is -1.75. The maximum absolute atomic E-state index is 11.3. The second-order valence-electron chi connectivity index (χ2n) is 4.44. The highest BCUT2D eigenvalue weighted by Gasteiger charge is 2.04. The minimum Gasteiger partial charge on any atom is -0.374 e. The second kappa shape index (κ2) is 7.14. The fourth-order valence-corrected chi connectivity index (χ4v) is 2.91. The van der Waals surface area contributed by atoms with Crippen molar-refractivity contribution >= 4 is 17.4 Å². The van der Waals surface area contributed by atoms with E-state index in [-0.39, 0.29) is 5.56 Å². The number of hydrogen-bond acceptors (Lipinski definition) is 4. The molecule has 0 aliphatic carbocycles. The number of nitrogens with zero attached hydrogens (tertiary/aromatic N) is 3. The Morgan fingerprint density at radius 1 is 1.25 bits per heavy atom. The lowest BCUT2D eigenvalue weighted by molar-refractivity contribution is 0.640. The van der Waals surface area contributed by atoms with Gasteiger partial charge in [-0.05, 0) is 19.1 Å². The lowest BCUT2D eigenvalue weighted by atomic mass is 10.3. The second-order valence-corrected chi connectivity index (χ2v) is 5.50. The largest absolute Gasteiger partial charge is 0.374 e. The number of hydrogen-bond donors (Lipinski definition) is 0. The lowest BCUT2D eigenvalue weighted by Crippen LogP contribution is -2.21. The quantitative estimate of drug-likeness (QED) is 0.605. The molecule has 0 radical (unpaired) electrons. The molecule has 20 heavy (non-hydrogen) atoms. The number of benzene rings is 1. The standard InChI is InChI=1S/C15H19N3OS/c1-3-18-10-9-14(19)16-15(18)20-12-11-17(2)13-7-5-4-6-8-13/h4-10H,3,11-12H2,1-2H3. The Bertz CT molecular complexity index is 598. The first-order chi connectivity index (χ1) is 9.70. The molecule has 1 aromatic heterocycles. The summed E-state index contributed by atoms with van der Waals surface area (Å²) in [5.74, 6) is 0.891. The van der Waals surface area contributed by atoms with Crippen LogP contribution in [0.1, 0.15) is 6.92 Å². The minimum atomic E-state index is -0.173. The van der Waals surface area contributed by atoms with Crippen LogP contribution in [0.25, 0.3) is 0 Å². The smallest absolute Gasteiger partial charge is 0.273 e. The van der Waals surface area contributed by atoms with Crippen LogP contribution in [0.5, 0.6) is 0 Å². The van der Waals surface area contributed by atoms with E-state index in [1.54, 1.807) is 18.0 Å². The molecule has 0 amide bonds. The van der Waals surface area contributed by atoms with Gasteiger partial charge >= 0.3 is 0 Å². The molecule has 0 fully saturated rings. The normalized spacial score (nSPS) is 10.5. The molecule has 0 spiro atoms. The van der Waals surface area contributed by atoms with Crippen molar-refractivity contribution in [1.29, 1.82) is 0 Å². The molecule has 0 atom stereocenters. The fraction of sp³-hybridized carbons (Fsp3) is 0.333. The van der Waals surface area contributed by atoms with Gasteiger partial charge in [0.05, 0.1) is 0 Å². The Labute approximate surface area is 123 Å². The zero-order valence-electron chi connectivity index (χ0n) is 11.8. The maximum atomic E-state index is 11.3. The molecule has 1 aromatic carbocycles.